The molecular weight excluding hydrogens is 312 g/mol. The Labute approximate surface area is 151 Å². The molecule has 1 aromatic carbocycles. The SMILES string of the molecule is Cc1ccc(C(=O)CN2CCN(C(=O)C3CCCCC3)CC2)c(C)c1. The summed E-state index contributed by atoms with van der Waals surface area (Å²) in [4.78, 5) is 29.4. The van der Waals surface area contributed by atoms with E-state index in [1.807, 2.05) is 30.9 Å². The van der Waals surface area contributed by atoms with E-state index in [1.54, 1.807) is 0 Å². The molecule has 1 heterocycles. The third kappa shape index (κ3) is 4.49. The number of aryl methyl sites for hydroxylation is 2. The Morgan fingerprint density at radius 2 is 1.68 bits per heavy atom. The van der Waals surface area contributed by atoms with Gasteiger partial charge in [-0.2, -0.15) is 0 Å². The van der Waals surface area contributed by atoms with Gasteiger partial charge >= 0.3 is 0 Å². The Morgan fingerprint density at radius 1 is 1.00 bits per heavy atom. The average molecular weight is 342 g/mol. The number of ketones is 1. The molecule has 0 aromatic heterocycles. The van der Waals surface area contributed by atoms with Crippen LogP contribution < -0.4 is 0 Å². The molecule has 0 radical (unpaired) electrons. The number of hydrogen-bond acceptors (Lipinski definition) is 3. The minimum atomic E-state index is 0.185. The maximum atomic E-state index is 12.6. The summed E-state index contributed by atoms with van der Waals surface area (Å²) in [5.41, 5.74) is 3.06. The average Bonchev–Trinajstić information content (AvgIpc) is 2.62. The molecule has 4 nitrogen and oxygen atoms in total. The Balaban J connectivity index is 1.50. The standard InChI is InChI=1S/C21H30N2O2/c1-16-8-9-19(17(2)14-16)20(24)15-22-10-12-23(13-11-22)21(25)18-6-4-3-5-7-18/h8-9,14,18H,3-7,10-13,15H2,1-2H3. The van der Waals surface area contributed by atoms with E-state index in [1.165, 1.54) is 24.8 Å². The highest BCUT2D eigenvalue weighted by Gasteiger charge is 2.29. The first-order chi connectivity index (χ1) is 12.0. The van der Waals surface area contributed by atoms with Crippen molar-refractivity contribution in [3.05, 3.63) is 34.9 Å². The van der Waals surface area contributed by atoms with E-state index in [0.29, 0.717) is 12.5 Å². The Hall–Kier alpha value is -1.68. The van der Waals surface area contributed by atoms with Crippen LogP contribution in [-0.2, 0) is 4.79 Å². The maximum absolute atomic E-state index is 12.6. The molecule has 1 amide bonds. The first-order valence-electron chi connectivity index (χ1n) is 9.66. The van der Waals surface area contributed by atoms with Crippen molar-refractivity contribution in [2.24, 2.45) is 5.92 Å². The van der Waals surface area contributed by atoms with Gasteiger partial charge in [0.05, 0.1) is 6.54 Å². The second-order valence-electron chi connectivity index (χ2n) is 7.68. The summed E-state index contributed by atoms with van der Waals surface area (Å²) in [6, 6.07) is 6.00. The van der Waals surface area contributed by atoms with Crippen molar-refractivity contribution in [2.75, 3.05) is 32.7 Å². The van der Waals surface area contributed by atoms with E-state index in [4.69, 9.17) is 0 Å². The Bertz CT molecular complexity index is 627. The maximum Gasteiger partial charge on any atom is 0.225 e. The fourth-order valence-corrected chi connectivity index (χ4v) is 4.15. The van der Waals surface area contributed by atoms with Gasteiger partial charge in [-0.15, -0.1) is 0 Å². The molecule has 0 bridgehead atoms. The molecular formula is C21H30N2O2. The molecule has 1 aliphatic heterocycles. The van der Waals surface area contributed by atoms with Crippen LogP contribution in [0.15, 0.2) is 18.2 Å². The highest BCUT2D eigenvalue weighted by atomic mass is 16.2. The van der Waals surface area contributed by atoms with Crippen LogP contribution in [0.4, 0.5) is 0 Å². The number of rotatable bonds is 4. The van der Waals surface area contributed by atoms with Gasteiger partial charge in [0.1, 0.15) is 0 Å². The lowest BCUT2D eigenvalue weighted by Crippen LogP contribution is -2.51. The fourth-order valence-electron chi connectivity index (χ4n) is 4.15. The lowest BCUT2D eigenvalue weighted by molar-refractivity contribution is -0.138. The van der Waals surface area contributed by atoms with E-state index in [0.717, 1.165) is 50.1 Å². The number of carbonyl (C=O) groups excluding carboxylic acids is 2. The van der Waals surface area contributed by atoms with Crippen LogP contribution in [0.3, 0.4) is 0 Å². The van der Waals surface area contributed by atoms with E-state index in [-0.39, 0.29) is 11.7 Å². The monoisotopic (exact) mass is 342 g/mol. The van der Waals surface area contributed by atoms with Crippen molar-refractivity contribution < 1.29 is 9.59 Å². The van der Waals surface area contributed by atoms with E-state index in [9.17, 15) is 9.59 Å². The minimum Gasteiger partial charge on any atom is -0.340 e. The van der Waals surface area contributed by atoms with Gasteiger partial charge in [-0.05, 0) is 32.3 Å². The Kier molecular flexibility index (Phi) is 5.89. The van der Waals surface area contributed by atoms with Gasteiger partial charge in [0.2, 0.25) is 5.91 Å². The number of carbonyl (C=O) groups is 2. The largest absolute Gasteiger partial charge is 0.340 e. The number of benzene rings is 1. The van der Waals surface area contributed by atoms with Crippen molar-refractivity contribution in [3.63, 3.8) is 0 Å². The van der Waals surface area contributed by atoms with Crippen molar-refractivity contribution in [3.8, 4) is 0 Å². The number of Topliss-reactive ketones (excluding diaryl/α,β-unsaturated/α-hetero) is 1. The highest BCUT2D eigenvalue weighted by Crippen LogP contribution is 2.25. The number of nitrogens with zero attached hydrogens (tertiary/aromatic N) is 2. The molecule has 1 aromatic rings. The molecule has 0 unspecified atom stereocenters. The molecule has 1 saturated carbocycles. The quantitative estimate of drug-likeness (QED) is 0.789. The first kappa shape index (κ1) is 18.1. The minimum absolute atomic E-state index is 0.185. The molecule has 0 atom stereocenters. The van der Waals surface area contributed by atoms with Crippen molar-refractivity contribution in [1.29, 1.82) is 0 Å². The van der Waals surface area contributed by atoms with Crippen molar-refractivity contribution in [1.82, 2.24) is 9.80 Å². The lowest BCUT2D eigenvalue weighted by atomic mass is 9.88. The molecule has 1 saturated heterocycles. The van der Waals surface area contributed by atoms with Gasteiger partial charge in [0, 0.05) is 37.7 Å². The normalized spacial score (nSPS) is 19.8. The van der Waals surface area contributed by atoms with Crippen molar-refractivity contribution >= 4 is 11.7 Å². The van der Waals surface area contributed by atoms with Crippen LogP contribution in [-0.4, -0.2) is 54.2 Å². The summed E-state index contributed by atoms with van der Waals surface area (Å²) in [6.07, 6.45) is 5.79. The van der Waals surface area contributed by atoms with Crippen molar-refractivity contribution in [2.45, 2.75) is 46.0 Å². The Morgan fingerprint density at radius 3 is 2.32 bits per heavy atom. The van der Waals surface area contributed by atoms with Gasteiger partial charge in [-0.1, -0.05) is 43.0 Å². The molecule has 0 N–H and O–H groups in total. The molecule has 3 rings (SSSR count). The number of piperazine rings is 1. The molecule has 1 aliphatic carbocycles. The summed E-state index contributed by atoms with van der Waals surface area (Å²) >= 11 is 0. The van der Waals surface area contributed by atoms with E-state index >= 15 is 0 Å². The van der Waals surface area contributed by atoms with Gasteiger partial charge in [-0.3, -0.25) is 14.5 Å². The molecule has 2 aliphatic rings. The second kappa shape index (κ2) is 8.13. The predicted octanol–water partition coefficient (Wildman–Crippen LogP) is 3.21. The van der Waals surface area contributed by atoms with Crippen LogP contribution in [0.2, 0.25) is 0 Å². The van der Waals surface area contributed by atoms with E-state index < -0.39 is 0 Å². The highest BCUT2D eigenvalue weighted by molar-refractivity contribution is 5.99. The second-order valence-corrected chi connectivity index (χ2v) is 7.68. The van der Waals surface area contributed by atoms with Crippen LogP contribution >= 0.6 is 0 Å². The van der Waals surface area contributed by atoms with Crippen LogP contribution in [0.5, 0.6) is 0 Å². The van der Waals surface area contributed by atoms with Crippen LogP contribution in [0.1, 0.15) is 53.6 Å². The molecule has 0 spiro atoms. The van der Waals surface area contributed by atoms with Gasteiger partial charge in [0.15, 0.2) is 5.78 Å². The topological polar surface area (TPSA) is 40.6 Å². The zero-order valence-corrected chi connectivity index (χ0v) is 15.6. The molecule has 4 heteroatoms. The lowest BCUT2D eigenvalue weighted by Gasteiger charge is -2.36. The predicted molar refractivity (Wildman–Crippen MR) is 99.8 cm³/mol. The van der Waals surface area contributed by atoms with E-state index in [2.05, 4.69) is 11.0 Å². The summed E-state index contributed by atoms with van der Waals surface area (Å²) < 4.78 is 0. The number of hydrogen-bond donors (Lipinski definition) is 0. The summed E-state index contributed by atoms with van der Waals surface area (Å²) in [7, 11) is 0. The zero-order valence-electron chi connectivity index (χ0n) is 15.6. The third-order valence-electron chi connectivity index (χ3n) is 5.69. The molecule has 25 heavy (non-hydrogen) atoms. The first-order valence-corrected chi connectivity index (χ1v) is 9.66. The summed E-state index contributed by atoms with van der Waals surface area (Å²) in [5, 5.41) is 0. The van der Waals surface area contributed by atoms with Gasteiger partial charge in [0.25, 0.3) is 0 Å². The number of amides is 1. The van der Waals surface area contributed by atoms with Gasteiger partial charge < -0.3 is 4.90 Å². The molecule has 136 valence electrons. The van der Waals surface area contributed by atoms with Crippen LogP contribution in [0.25, 0.3) is 0 Å². The third-order valence-corrected chi connectivity index (χ3v) is 5.69. The van der Waals surface area contributed by atoms with Gasteiger partial charge in [-0.25, -0.2) is 0 Å². The molecule has 2 fully saturated rings. The zero-order chi connectivity index (χ0) is 17.8. The smallest absolute Gasteiger partial charge is 0.225 e. The van der Waals surface area contributed by atoms with Crippen LogP contribution in [0, 0.1) is 19.8 Å². The fraction of sp³-hybridized carbons (Fsp3) is 0.619. The summed E-state index contributed by atoms with van der Waals surface area (Å²) in [5.74, 6) is 0.779. The summed E-state index contributed by atoms with van der Waals surface area (Å²) in [6.45, 7) is 7.62.